The molecule has 2 aromatic carbocycles. The zero-order valence-corrected chi connectivity index (χ0v) is 16.4. The van der Waals surface area contributed by atoms with Gasteiger partial charge in [-0.1, -0.05) is 45.2 Å². The second-order valence-electron chi connectivity index (χ2n) is 5.12. The quantitative estimate of drug-likeness (QED) is 0.621. The molecule has 0 atom stereocenters. The first-order valence-corrected chi connectivity index (χ1v) is 8.81. The number of hydrogen-bond donors (Lipinski definition) is 2. The highest BCUT2D eigenvalue weighted by atomic mass is 79.9. The molecule has 2 N–H and O–H groups in total. The molecule has 5 nitrogen and oxygen atoms in total. The fourth-order valence-corrected chi connectivity index (χ4v) is 3.01. The fraction of sp³-hybridized carbons (Fsp3) is 0.235. The molecule has 0 radical (unpaired) electrons. The SMILES string of the molecule is COc1cc(CNCC(=O)O)c(Br)cc1OCc1ccc(Cl)cc1Cl. The van der Waals surface area contributed by atoms with Crippen LogP contribution in [0, 0.1) is 0 Å². The first kappa shape index (κ1) is 19.8. The number of hydrogen-bond acceptors (Lipinski definition) is 4. The Morgan fingerprint density at radius 3 is 2.60 bits per heavy atom. The summed E-state index contributed by atoms with van der Waals surface area (Å²) in [4.78, 5) is 10.6. The largest absolute Gasteiger partial charge is 0.493 e. The molecule has 134 valence electrons. The normalized spacial score (nSPS) is 10.6. The Morgan fingerprint density at radius 2 is 1.96 bits per heavy atom. The van der Waals surface area contributed by atoms with E-state index in [1.54, 1.807) is 37.4 Å². The van der Waals surface area contributed by atoms with Gasteiger partial charge >= 0.3 is 5.97 Å². The van der Waals surface area contributed by atoms with Crippen molar-refractivity contribution in [2.45, 2.75) is 13.2 Å². The number of carboxylic acids is 1. The Labute approximate surface area is 164 Å². The smallest absolute Gasteiger partial charge is 0.317 e. The monoisotopic (exact) mass is 447 g/mol. The van der Waals surface area contributed by atoms with E-state index in [1.807, 2.05) is 0 Å². The average molecular weight is 449 g/mol. The molecule has 0 aliphatic heterocycles. The highest BCUT2D eigenvalue weighted by Gasteiger charge is 2.12. The molecular formula is C17H16BrCl2NO4. The van der Waals surface area contributed by atoms with Crippen LogP contribution in [0.25, 0.3) is 0 Å². The van der Waals surface area contributed by atoms with Gasteiger partial charge in [0.15, 0.2) is 11.5 Å². The Kier molecular flexibility index (Phi) is 7.38. The number of rotatable bonds is 8. The average Bonchev–Trinajstić information content (AvgIpc) is 2.55. The predicted molar refractivity (Wildman–Crippen MR) is 101 cm³/mol. The van der Waals surface area contributed by atoms with Crippen LogP contribution in [0.15, 0.2) is 34.8 Å². The van der Waals surface area contributed by atoms with E-state index in [9.17, 15) is 4.79 Å². The van der Waals surface area contributed by atoms with Crippen LogP contribution in [0.3, 0.4) is 0 Å². The lowest BCUT2D eigenvalue weighted by atomic mass is 10.2. The molecule has 0 aliphatic carbocycles. The number of halogens is 3. The summed E-state index contributed by atoms with van der Waals surface area (Å²) in [7, 11) is 1.54. The molecule has 0 aliphatic rings. The number of carbonyl (C=O) groups is 1. The van der Waals surface area contributed by atoms with Gasteiger partial charge in [0, 0.05) is 26.6 Å². The predicted octanol–water partition coefficient (Wildman–Crippen LogP) is 4.52. The molecule has 0 aromatic heterocycles. The van der Waals surface area contributed by atoms with Gasteiger partial charge in [-0.2, -0.15) is 0 Å². The van der Waals surface area contributed by atoms with Crippen LogP contribution in [-0.4, -0.2) is 24.7 Å². The first-order chi connectivity index (χ1) is 11.9. The van der Waals surface area contributed by atoms with Crippen LogP contribution in [0.2, 0.25) is 10.0 Å². The van der Waals surface area contributed by atoms with Crippen molar-refractivity contribution in [2.24, 2.45) is 0 Å². The van der Waals surface area contributed by atoms with Crippen LogP contribution in [0.5, 0.6) is 11.5 Å². The molecule has 25 heavy (non-hydrogen) atoms. The molecule has 8 heteroatoms. The zero-order valence-electron chi connectivity index (χ0n) is 13.3. The summed E-state index contributed by atoms with van der Waals surface area (Å²) in [6, 6.07) is 8.78. The van der Waals surface area contributed by atoms with Gasteiger partial charge in [-0.05, 0) is 29.8 Å². The second kappa shape index (κ2) is 9.29. The van der Waals surface area contributed by atoms with Crippen LogP contribution in [0.4, 0.5) is 0 Å². The minimum atomic E-state index is -0.914. The summed E-state index contributed by atoms with van der Waals surface area (Å²) in [6.45, 7) is 0.518. The summed E-state index contributed by atoms with van der Waals surface area (Å²) in [5.41, 5.74) is 1.66. The van der Waals surface area contributed by atoms with Gasteiger partial charge in [-0.15, -0.1) is 0 Å². The van der Waals surface area contributed by atoms with E-state index < -0.39 is 5.97 Å². The van der Waals surface area contributed by atoms with E-state index in [4.69, 9.17) is 37.8 Å². The van der Waals surface area contributed by atoms with Crippen molar-refractivity contribution < 1.29 is 19.4 Å². The topological polar surface area (TPSA) is 67.8 Å². The van der Waals surface area contributed by atoms with Crippen molar-refractivity contribution in [3.05, 3.63) is 56.0 Å². The Bertz CT molecular complexity index is 771. The number of aliphatic carboxylic acids is 1. The molecule has 0 saturated heterocycles. The van der Waals surface area contributed by atoms with E-state index >= 15 is 0 Å². The highest BCUT2D eigenvalue weighted by molar-refractivity contribution is 9.10. The minimum absolute atomic E-state index is 0.123. The van der Waals surface area contributed by atoms with Crippen molar-refractivity contribution >= 4 is 45.1 Å². The first-order valence-electron chi connectivity index (χ1n) is 7.26. The van der Waals surface area contributed by atoms with Crippen LogP contribution in [-0.2, 0) is 17.9 Å². The molecule has 0 spiro atoms. The van der Waals surface area contributed by atoms with E-state index in [0.717, 1.165) is 15.6 Å². The number of nitrogens with one attached hydrogen (secondary N) is 1. The zero-order chi connectivity index (χ0) is 18.4. The molecule has 0 bridgehead atoms. The third kappa shape index (κ3) is 5.78. The lowest BCUT2D eigenvalue weighted by Gasteiger charge is -2.15. The lowest BCUT2D eigenvalue weighted by Crippen LogP contribution is -2.22. The molecule has 0 amide bonds. The number of methoxy groups -OCH3 is 1. The molecule has 0 saturated carbocycles. The standard InChI is InChI=1S/C17H16BrCl2NO4/c1-24-15-4-11(7-21-8-17(22)23)13(18)6-16(15)25-9-10-2-3-12(19)5-14(10)20/h2-6,21H,7-9H2,1H3,(H,22,23). The van der Waals surface area contributed by atoms with Crippen LogP contribution >= 0.6 is 39.1 Å². The number of carboxylic acid groups (broad SMARTS) is 1. The molecule has 0 heterocycles. The summed E-state index contributed by atoms with van der Waals surface area (Å²) in [5, 5.41) is 12.6. The summed E-state index contributed by atoms with van der Waals surface area (Å²) >= 11 is 15.5. The summed E-state index contributed by atoms with van der Waals surface area (Å²) in [6.07, 6.45) is 0. The third-order valence-electron chi connectivity index (χ3n) is 3.32. The Hall–Kier alpha value is -1.47. The van der Waals surface area contributed by atoms with Crippen molar-refractivity contribution in [3.63, 3.8) is 0 Å². The van der Waals surface area contributed by atoms with Crippen LogP contribution < -0.4 is 14.8 Å². The lowest BCUT2D eigenvalue weighted by molar-refractivity contribution is -0.135. The van der Waals surface area contributed by atoms with Crippen molar-refractivity contribution in [2.75, 3.05) is 13.7 Å². The number of ether oxygens (including phenoxy) is 2. The minimum Gasteiger partial charge on any atom is -0.493 e. The van der Waals surface area contributed by atoms with E-state index in [2.05, 4.69) is 21.2 Å². The Balaban J connectivity index is 2.12. The van der Waals surface area contributed by atoms with E-state index in [1.165, 1.54) is 0 Å². The molecule has 2 aromatic rings. The number of benzene rings is 2. The van der Waals surface area contributed by atoms with Gasteiger partial charge in [0.25, 0.3) is 0 Å². The van der Waals surface area contributed by atoms with Gasteiger partial charge in [0.05, 0.1) is 13.7 Å². The van der Waals surface area contributed by atoms with Gasteiger partial charge < -0.3 is 19.9 Å². The maximum Gasteiger partial charge on any atom is 0.317 e. The summed E-state index contributed by atoms with van der Waals surface area (Å²) < 4.78 is 12.0. The van der Waals surface area contributed by atoms with Crippen molar-refractivity contribution in [3.8, 4) is 11.5 Å². The maximum atomic E-state index is 10.6. The van der Waals surface area contributed by atoms with Crippen LogP contribution in [0.1, 0.15) is 11.1 Å². The van der Waals surface area contributed by atoms with E-state index in [-0.39, 0.29) is 13.2 Å². The Morgan fingerprint density at radius 1 is 1.20 bits per heavy atom. The fourth-order valence-electron chi connectivity index (χ4n) is 2.08. The molecular weight excluding hydrogens is 433 g/mol. The van der Waals surface area contributed by atoms with Gasteiger partial charge in [-0.25, -0.2) is 0 Å². The van der Waals surface area contributed by atoms with Crippen molar-refractivity contribution in [1.29, 1.82) is 0 Å². The highest BCUT2D eigenvalue weighted by Crippen LogP contribution is 2.34. The third-order valence-corrected chi connectivity index (χ3v) is 4.65. The van der Waals surface area contributed by atoms with Gasteiger partial charge in [0.1, 0.15) is 6.61 Å². The maximum absolute atomic E-state index is 10.6. The molecule has 2 rings (SSSR count). The second-order valence-corrected chi connectivity index (χ2v) is 6.81. The molecule has 0 unspecified atom stereocenters. The molecule has 0 fully saturated rings. The van der Waals surface area contributed by atoms with Crippen molar-refractivity contribution in [1.82, 2.24) is 5.32 Å². The van der Waals surface area contributed by atoms with E-state index in [0.29, 0.717) is 28.1 Å². The summed E-state index contributed by atoms with van der Waals surface area (Å²) in [5.74, 6) is 0.172. The van der Waals surface area contributed by atoms with Gasteiger partial charge in [0.2, 0.25) is 0 Å². The van der Waals surface area contributed by atoms with Gasteiger partial charge in [-0.3, -0.25) is 4.79 Å².